The summed E-state index contributed by atoms with van der Waals surface area (Å²) in [4.78, 5) is 0. The highest BCUT2D eigenvalue weighted by Crippen LogP contribution is 2.11. The van der Waals surface area contributed by atoms with Gasteiger partial charge in [0.15, 0.2) is 0 Å². The van der Waals surface area contributed by atoms with Crippen molar-refractivity contribution < 1.29 is 9.84 Å². The average Bonchev–Trinajstić information content (AvgIpc) is 2.17. The van der Waals surface area contributed by atoms with Crippen LogP contribution in [-0.4, -0.2) is 30.5 Å². The predicted molar refractivity (Wildman–Crippen MR) is 54.6 cm³/mol. The van der Waals surface area contributed by atoms with Crippen LogP contribution in [0, 0.1) is 0 Å². The van der Waals surface area contributed by atoms with E-state index in [9.17, 15) is 0 Å². The van der Waals surface area contributed by atoms with Crippen molar-refractivity contribution in [2.24, 2.45) is 5.73 Å². The highest BCUT2D eigenvalue weighted by molar-refractivity contribution is 4.80. The molecule has 0 rings (SSSR count). The molecule has 0 unspecified atom stereocenters. The van der Waals surface area contributed by atoms with Crippen molar-refractivity contribution in [3.63, 3.8) is 0 Å². The second kappa shape index (κ2) is 7.30. The van der Waals surface area contributed by atoms with Crippen LogP contribution in [0.1, 0.15) is 39.5 Å². The Bertz CT molecular complexity index is 113. The third-order valence-electron chi connectivity index (χ3n) is 2.49. The van der Waals surface area contributed by atoms with E-state index in [4.69, 9.17) is 15.6 Å². The summed E-state index contributed by atoms with van der Waals surface area (Å²) >= 11 is 0. The molecule has 0 radical (unpaired) electrons. The lowest BCUT2D eigenvalue weighted by Crippen LogP contribution is -2.43. The van der Waals surface area contributed by atoms with Crippen molar-refractivity contribution in [2.75, 3.05) is 19.8 Å². The van der Waals surface area contributed by atoms with Crippen LogP contribution in [0.5, 0.6) is 0 Å². The molecule has 0 aromatic heterocycles. The number of ether oxygens (including phenoxy) is 1. The van der Waals surface area contributed by atoms with E-state index >= 15 is 0 Å². The summed E-state index contributed by atoms with van der Waals surface area (Å²) in [6.07, 6.45) is 3.63. The lowest BCUT2D eigenvalue weighted by atomic mass is 9.96. The van der Waals surface area contributed by atoms with E-state index in [2.05, 4.69) is 13.8 Å². The maximum atomic E-state index is 8.54. The van der Waals surface area contributed by atoms with E-state index in [1.165, 1.54) is 0 Å². The first kappa shape index (κ1) is 12.9. The summed E-state index contributed by atoms with van der Waals surface area (Å²) in [5.41, 5.74) is 5.88. The fourth-order valence-electron chi connectivity index (χ4n) is 1.05. The van der Waals surface area contributed by atoms with Crippen LogP contribution in [0.15, 0.2) is 0 Å². The van der Waals surface area contributed by atoms with Gasteiger partial charge in [-0.05, 0) is 25.7 Å². The number of aliphatic hydroxyl groups excluding tert-OH is 1. The molecule has 3 heteroatoms. The van der Waals surface area contributed by atoms with Gasteiger partial charge in [0.25, 0.3) is 0 Å². The van der Waals surface area contributed by atoms with E-state index in [-0.39, 0.29) is 12.1 Å². The molecular weight excluding hydrogens is 166 g/mol. The van der Waals surface area contributed by atoms with Crippen LogP contribution in [0.3, 0.4) is 0 Å². The number of hydrogen-bond donors (Lipinski definition) is 2. The Morgan fingerprint density at radius 1 is 1.23 bits per heavy atom. The van der Waals surface area contributed by atoms with Crippen LogP contribution < -0.4 is 5.73 Å². The van der Waals surface area contributed by atoms with Gasteiger partial charge in [-0.25, -0.2) is 0 Å². The van der Waals surface area contributed by atoms with E-state index in [0.717, 1.165) is 25.7 Å². The van der Waals surface area contributed by atoms with E-state index < -0.39 is 0 Å². The van der Waals surface area contributed by atoms with Crippen molar-refractivity contribution in [1.82, 2.24) is 0 Å². The van der Waals surface area contributed by atoms with Crippen LogP contribution in [0.25, 0.3) is 0 Å². The molecule has 0 saturated heterocycles. The zero-order valence-corrected chi connectivity index (χ0v) is 8.88. The van der Waals surface area contributed by atoms with Gasteiger partial charge in [0.2, 0.25) is 0 Å². The Kier molecular flexibility index (Phi) is 7.23. The lowest BCUT2D eigenvalue weighted by Gasteiger charge is -2.26. The number of unbranched alkanes of at least 4 members (excludes halogenated alkanes) is 1. The number of hydrogen-bond acceptors (Lipinski definition) is 3. The Morgan fingerprint density at radius 3 is 2.31 bits per heavy atom. The molecule has 80 valence electrons. The molecular formula is C10H23NO2. The number of rotatable bonds is 8. The van der Waals surface area contributed by atoms with Crippen molar-refractivity contribution in [3.8, 4) is 0 Å². The van der Waals surface area contributed by atoms with Gasteiger partial charge in [0.1, 0.15) is 0 Å². The molecule has 3 N–H and O–H groups in total. The smallest absolute Gasteiger partial charge is 0.0645 e. The molecule has 0 heterocycles. The fourth-order valence-corrected chi connectivity index (χ4v) is 1.05. The standard InChI is InChI=1S/C10H23NO2/c1-3-10(11,4-2)9-13-8-6-5-7-12/h12H,3-9,11H2,1-2H3. The van der Waals surface area contributed by atoms with Gasteiger partial charge in [0.05, 0.1) is 6.61 Å². The summed E-state index contributed by atoms with van der Waals surface area (Å²) in [5, 5.41) is 8.54. The minimum absolute atomic E-state index is 0.154. The van der Waals surface area contributed by atoms with Gasteiger partial charge in [0, 0.05) is 18.8 Å². The Labute approximate surface area is 81.3 Å². The Morgan fingerprint density at radius 2 is 1.85 bits per heavy atom. The topological polar surface area (TPSA) is 55.5 Å². The molecule has 0 aliphatic heterocycles. The number of nitrogens with two attached hydrogens (primary N) is 1. The maximum absolute atomic E-state index is 8.54. The van der Waals surface area contributed by atoms with E-state index in [1.807, 2.05) is 0 Å². The van der Waals surface area contributed by atoms with Crippen LogP contribution >= 0.6 is 0 Å². The van der Waals surface area contributed by atoms with Crippen LogP contribution in [0.4, 0.5) is 0 Å². The van der Waals surface area contributed by atoms with Crippen LogP contribution in [0.2, 0.25) is 0 Å². The molecule has 0 aliphatic carbocycles. The predicted octanol–water partition coefficient (Wildman–Crippen LogP) is 1.29. The maximum Gasteiger partial charge on any atom is 0.0645 e. The van der Waals surface area contributed by atoms with Crippen molar-refractivity contribution >= 4 is 0 Å². The van der Waals surface area contributed by atoms with Gasteiger partial charge in [-0.1, -0.05) is 13.8 Å². The minimum atomic E-state index is -0.154. The first-order valence-corrected chi connectivity index (χ1v) is 5.16. The highest BCUT2D eigenvalue weighted by atomic mass is 16.5. The summed E-state index contributed by atoms with van der Waals surface area (Å²) in [6, 6.07) is 0. The molecule has 0 amide bonds. The summed E-state index contributed by atoms with van der Waals surface area (Å²) < 4.78 is 5.45. The van der Waals surface area contributed by atoms with Gasteiger partial charge in [-0.3, -0.25) is 0 Å². The van der Waals surface area contributed by atoms with Crippen molar-refractivity contribution in [2.45, 2.75) is 45.1 Å². The minimum Gasteiger partial charge on any atom is -0.396 e. The molecule has 0 atom stereocenters. The zero-order chi connectivity index (χ0) is 10.2. The average molecular weight is 189 g/mol. The highest BCUT2D eigenvalue weighted by Gasteiger charge is 2.19. The van der Waals surface area contributed by atoms with Crippen molar-refractivity contribution in [1.29, 1.82) is 0 Å². The molecule has 0 spiro atoms. The number of aliphatic hydroxyl groups is 1. The molecule has 0 aromatic rings. The first-order valence-electron chi connectivity index (χ1n) is 5.16. The van der Waals surface area contributed by atoms with Gasteiger partial charge in [-0.2, -0.15) is 0 Å². The quantitative estimate of drug-likeness (QED) is 0.566. The third kappa shape index (κ3) is 6.02. The van der Waals surface area contributed by atoms with Crippen LogP contribution in [-0.2, 0) is 4.74 Å². The molecule has 3 nitrogen and oxygen atoms in total. The second-order valence-corrected chi connectivity index (χ2v) is 3.55. The summed E-state index contributed by atoms with van der Waals surface area (Å²) in [6.45, 7) is 5.75. The second-order valence-electron chi connectivity index (χ2n) is 3.55. The molecule has 0 aromatic carbocycles. The Balaban J connectivity index is 3.39. The monoisotopic (exact) mass is 189 g/mol. The summed E-state index contributed by atoms with van der Waals surface area (Å²) in [7, 11) is 0. The zero-order valence-electron chi connectivity index (χ0n) is 8.88. The lowest BCUT2D eigenvalue weighted by molar-refractivity contribution is 0.0760. The molecule has 0 bridgehead atoms. The largest absolute Gasteiger partial charge is 0.396 e. The van der Waals surface area contributed by atoms with Gasteiger partial charge >= 0.3 is 0 Å². The fraction of sp³-hybridized carbons (Fsp3) is 1.00. The molecule has 0 saturated carbocycles. The normalized spacial score (nSPS) is 12.0. The SMILES string of the molecule is CCC(N)(CC)COCCCCO. The molecule has 13 heavy (non-hydrogen) atoms. The third-order valence-corrected chi connectivity index (χ3v) is 2.49. The first-order chi connectivity index (χ1) is 6.18. The molecule has 0 aliphatic rings. The molecule has 0 fully saturated rings. The van der Waals surface area contributed by atoms with Crippen molar-refractivity contribution in [3.05, 3.63) is 0 Å². The van der Waals surface area contributed by atoms with E-state index in [0.29, 0.717) is 13.2 Å². The summed E-state index contributed by atoms with van der Waals surface area (Å²) in [5.74, 6) is 0. The van der Waals surface area contributed by atoms with Gasteiger partial charge in [-0.15, -0.1) is 0 Å². The Hall–Kier alpha value is -0.120. The van der Waals surface area contributed by atoms with Gasteiger partial charge < -0.3 is 15.6 Å². The van der Waals surface area contributed by atoms with E-state index in [1.54, 1.807) is 0 Å².